The smallest absolute Gasteiger partial charge is 0.408 e. The third-order valence-electron chi connectivity index (χ3n) is 5.31. The molecule has 2 N–H and O–H groups in total. The molecule has 2 atom stereocenters. The number of ether oxygens (including phenoxy) is 4. The molecular weight excluding hydrogens is 436 g/mol. The Kier molecular flexibility index (Phi) is 8.61. The lowest BCUT2D eigenvalue weighted by atomic mass is 9.98. The van der Waals surface area contributed by atoms with E-state index < -0.39 is 44.8 Å². The van der Waals surface area contributed by atoms with Crippen LogP contribution in [-0.4, -0.2) is 64.0 Å². The maximum atomic E-state index is 13.2. The number of rotatable bonds is 8. The van der Waals surface area contributed by atoms with Crippen molar-refractivity contribution in [3.63, 3.8) is 0 Å². The summed E-state index contributed by atoms with van der Waals surface area (Å²) in [6.07, 6.45) is 3.20. The van der Waals surface area contributed by atoms with Crippen LogP contribution in [0.5, 0.6) is 0 Å². The molecule has 0 aromatic carbocycles. The standard InChI is InChI=1S/C22H40N2O7S/c1-20(2,3)30-18(25)17(24-19(26)31-21(4,5)6)11-14-32(23,27)15-22(28-12-13-29-22)16-9-7-8-10-16/h16-17,23H,7-15H2,1-6H3,(H,24,26)/t17-,32?/m0/s1. The van der Waals surface area contributed by atoms with Crippen LogP contribution < -0.4 is 5.32 Å². The SMILES string of the molecule is CC(C)(C)OC(=O)N[C@@H](CCS(=N)(=O)CC1(C2CCCC2)OCCO1)C(=O)OC(C)(C)C. The fraction of sp³-hybridized carbons (Fsp3) is 0.909. The molecule has 2 rings (SSSR count). The molecule has 1 aliphatic carbocycles. The molecule has 0 bridgehead atoms. The molecule has 1 unspecified atom stereocenters. The van der Waals surface area contributed by atoms with Gasteiger partial charge in [-0.25, -0.2) is 13.8 Å². The van der Waals surface area contributed by atoms with Crippen LogP contribution in [-0.2, 0) is 33.5 Å². The van der Waals surface area contributed by atoms with Gasteiger partial charge in [0.2, 0.25) is 0 Å². The summed E-state index contributed by atoms with van der Waals surface area (Å²) < 4.78 is 44.2. The zero-order valence-corrected chi connectivity index (χ0v) is 21.1. The molecule has 1 saturated heterocycles. The van der Waals surface area contributed by atoms with E-state index in [0.29, 0.717) is 13.2 Å². The first-order chi connectivity index (χ1) is 14.6. The van der Waals surface area contributed by atoms with Crippen LogP contribution in [0, 0.1) is 10.7 Å². The summed E-state index contributed by atoms with van der Waals surface area (Å²) in [6, 6.07) is -1.08. The maximum absolute atomic E-state index is 13.2. The van der Waals surface area contributed by atoms with Gasteiger partial charge in [0.15, 0.2) is 5.79 Å². The van der Waals surface area contributed by atoms with E-state index in [4.69, 9.17) is 23.7 Å². The highest BCUT2D eigenvalue weighted by molar-refractivity contribution is 7.92. The first kappa shape index (κ1) is 26.9. The minimum absolute atomic E-state index is 0.0166. The molecule has 10 heteroatoms. The van der Waals surface area contributed by atoms with Crippen molar-refractivity contribution in [1.82, 2.24) is 5.32 Å². The lowest BCUT2D eigenvalue weighted by Gasteiger charge is -2.34. The van der Waals surface area contributed by atoms with E-state index in [-0.39, 0.29) is 23.8 Å². The van der Waals surface area contributed by atoms with Gasteiger partial charge in [-0.15, -0.1) is 0 Å². The molecule has 0 aromatic rings. The van der Waals surface area contributed by atoms with E-state index in [2.05, 4.69) is 5.32 Å². The Morgan fingerprint density at radius 1 is 1.06 bits per heavy atom. The van der Waals surface area contributed by atoms with E-state index in [1.165, 1.54) is 0 Å². The van der Waals surface area contributed by atoms with Crippen molar-refractivity contribution in [2.24, 2.45) is 5.92 Å². The van der Waals surface area contributed by atoms with Gasteiger partial charge >= 0.3 is 12.1 Å². The second kappa shape index (κ2) is 10.3. The molecule has 2 fully saturated rings. The zero-order valence-electron chi connectivity index (χ0n) is 20.3. The van der Waals surface area contributed by atoms with Crippen molar-refractivity contribution in [2.75, 3.05) is 24.7 Å². The third-order valence-corrected chi connectivity index (χ3v) is 7.07. The Labute approximate surface area is 192 Å². The number of amides is 1. The second-order valence-corrected chi connectivity index (χ2v) is 13.0. The van der Waals surface area contributed by atoms with Gasteiger partial charge in [-0.2, -0.15) is 0 Å². The molecule has 0 spiro atoms. The van der Waals surface area contributed by atoms with Crippen molar-refractivity contribution in [1.29, 1.82) is 4.78 Å². The number of carbonyl (C=O) groups excluding carboxylic acids is 2. The van der Waals surface area contributed by atoms with Gasteiger partial charge in [0.1, 0.15) is 17.2 Å². The molecule has 1 saturated carbocycles. The fourth-order valence-corrected chi connectivity index (χ4v) is 5.86. The number of esters is 1. The zero-order chi connectivity index (χ0) is 24.2. The van der Waals surface area contributed by atoms with Crippen LogP contribution in [0.3, 0.4) is 0 Å². The van der Waals surface area contributed by atoms with Crippen molar-refractivity contribution in [2.45, 2.75) is 96.7 Å². The summed E-state index contributed by atoms with van der Waals surface area (Å²) >= 11 is 0. The number of carbonyl (C=O) groups is 2. The maximum Gasteiger partial charge on any atom is 0.408 e. The molecule has 9 nitrogen and oxygen atoms in total. The summed E-state index contributed by atoms with van der Waals surface area (Å²) in [6.45, 7) is 11.2. The van der Waals surface area contributed by atoms with Gasteiger partial charge < -0.3 is 24.3 Å². The average molecular weight is 477 g/mol. The number of alkyl carbamates (subject to hydrolysis) is 1. The highest BCUT2D eigenvalue weighted by atomic mass is 32.2. The average Bonchev–Trinajstić information content (AvgIpc) is 3.27. The quantitative estimate of drug-likeness (QED) is 0.513. The van der Waals surface area contributed by atoms with Crippen molar-refractivity contribution in [3.05, 3.63) is 0 Å². The van der Waals surface area contributed by atoms with Crippen LogP contribution in [0.1, 0.15) is 73.6 Å². The van der Waals surface area contributed by atoms with Crippen LogP contribution in [0.2, 0.25) is 0 Å². The summed E-state index contributed by atoms with van der Waals surface area (Å²) in [5, 5.41) is 2.52. The summed E-state index contributed by atoms with van der Waals surface area (Å²) in [5.74, 6) is -1.67. The lowest BCUT2D eigenvalue weighted by Crippen LogP contribution is -2.48. The normalized spacial score (nSPS) is 22.2. The Hall–Kier alpha value is -1.39. The Morgan fingerprint density at radius 3 is 2.09 bits per heavy atom. The summed E-state index contributed by atoms with van der Waals surface area (Å²) in [5.41, 5.74) is -1.50. The highest BCUT2D eigenvalue weighted by Gasteiger charge is 2.47. The van der Waals surface area contributed by atoms with E-state index in [1.54, 1.807) is 41.5 Å². The fourth-order valence-electron chi connectivity index (χ4n) is 4.05. The van der Waals surface area contributed by atoms with Crippen LogP contribution in [0.15, 0.2) is 0 Å². The molecule has 1 aliphatic heterocycles. The van der Waals surface area contributed by atoms with Gasteiger partial charge in [-0.3, -0.25) is 4.78 Å². The van der Waals surface area contributed by atoms with Crippen LogP contribution >= 0.6 is 0 Å². The number of nitrogens with one attached hydrogen (secondary N) is 2. The predicted octanol–water partition coefficient (Wildman–Crippen LogP) is 3.59. The Bertz CT molecular complexity index is 756. The monoisotopic (exact) mass is 476 g/mol. The topological polar surface area (TPSA) is 124 Å². The van der Waals surface area contributed by atoms with Crippen molar-refractivity contribution in [3.8, 4) is 0 Å². The first-order valence-corrected chi connectivity index (χ1v) is 13.2. The second-order valence-electron chi connectivity index (χ2n) is 10.7. The van der Waals surface area contributed by atoms with Crippen molar-refractivity contribution >= 4 is 21.8 Å². The highest BCUT2D eigenvalue weighted by Crippen LogP contribution is 2.40. The molecule has 32 heavy (non-hydrogen) atoms. The molecule has 1 heterocycles. The van der Waals surface area contributed by atoms with E-state index in [0.717, 1.165) is 25.7 Å². The van der Waals surface area contributed by atoms with Crippen LogP contribution in [0.4, 0.5) is 4.79 Å². The minimum atomic E-state index is -3.15. The van der Waals surface area contributed by atoms with Gasteiger partial charge in [-0.05, 0) is 60.8 Å². The first-order valence-electron chi connectivity index (χ1n) is 11.4. The molecular formula is C22H40N2O7S. The molecule has 186 valence electrons. The molecule has 2 aliphatic rings. The number of hydrogen-bond donors (Lipinski definition) is 2. The minimum Gasteiger partial charge on any atom is -0.458 e. The van der Waals surface area contributed by atoms with Gasteiger partial charge in [0, 0.05) is 21.4 Å². The third kappa shape index (κ3) is 8.51. The Balaban J connectivity index is 2.08. The van der Waals surface area contributed by atoms with E-state index in [9.17, 15) is 13.8 Å². The van der Waals surface area contributed by atoms with Gasteiger partial charge in [0.05, 0.1) is 19.0 Å². The van der Waals surface area contributed by atoms with Gasteiger partial charge in [-0.1, -0.05) is 12.8 Å². The molecule has 0 aromatic heterocycles. The van der Waals surface area contributed by atoms with E-state index in [1.807, 2.05) is 0 Å². The van der Waals surface area contributed by atoms with E-state index >= 15 is 0 Å². The molecule has 1 amide bonds. The summed E-state index contributed by atoms with van der Waals surface area (Å²) in [7, 11) is -3.15. The molecule has 0 radical (unpaired) electrons. The predicted molar refractivity (Wildman–Crippen MR) is 121 cm³/mol. The van der Waals surface area contributed by atoms with Crippen LogP contribution in [0.25, 0.3) is 0 Å². The van der Waals surface area contributed by atoms with Gasteiger partial charge in [0.25, 0.3) is 0 Å². The Morgan fingerprint density at radius 2 is 1.59 bits per heavy atom. The van der Waals surface area contributed by atoms with Crippen molar-refractivity contribution < 1.29 is 32.7 Å². The number of hydrogen-bond acceptors (Lipinski definition) is 8. The summed E-state index contributed by atoms with van der Waals surface area (Å²) in [4.78, 5) is 25.0. The lowest BCUT2D eigenvalue weighted by molar-refractivity contribution is -0.176. The largest absolute Gasteiger partial charge is 0.458 e.